The fraction of sp³-hybridized carbons (Fsp3) is 0.583. The normalized spacial score (nSPS) is 13.8. The average Bonchev–Trinajstić information content (AvgIpc) is 2.98. The SMILES string of the molecule is O=C1C=CC(=CC=C2C=CN(CCCCCCCCCCC(=O)NCCCCCCCCCCCC(=O)O)C=C2)C=C1.[K]. The van der Waals surface area contributed by atoms with Gasteiger partial charge in [-0.15, -0.1) is 0 Å². The predicted molar refractivity (Wildman–Crippen MR) is 179 cm³/mol. The summed E-state index contributed by atoms with van der Waals surface area (Å²) in [4.78, 5) is 35.9. The minimum Gasteiger partial charge on any atom is -0.481 e. The Morgan fingerprint density at radius 1 is 0.605 bits per heavy atom. The Kier molecular flexibility index (Phi) is 24.7. The molecule has 0 bridgehead atoms. The smallest absolute Gasteiger partial charge is 0.303 e. The van der Waals surface area contributed by atoms with Crippen LogP contribution in [0, 0.1) is 0 Å². The van der Waals surface area contributed by atoms with Crippen molar-refractivity contribution in [2.75, 3.05) is 13.1 Å². The summed E-state index contributed by atoms with van der Waals surface area (Å²) >= 11 is 0. The van der Waals surface area contributed by atoms with Gasteiger partial charge in [0.1, 0.15) is 0 Å². The number of amides is 1. The second-order valence-electron chi connectivity index (χ2n) is 11.5. The van der Waals surface area contributed by atoms with Crippen LogP contribution in [-0.2, 0) is 14.4 Å². The van der Waals surface area contributed by atoms with Crippen LogP contribution in [0.1, 0.15) is 122 Å². The van der Waals surface area contributed by atoms with Gasteiger partial charge in [-0.25, -0.2) is 0 Å². The third kappa shape index (κ3) is 22.6. The van der Waals surface area contributed by atoms with Gasteiger partial charge in [0, 0.05) is 89.7 Å². The van der Waals surface area contributed by atoms with E-state index < -0.39 is 5.97 Å². The average molecular weight is 618 g/mol. The number of hydrogen-bond donors (Lipinski definition) is 2. The van der Waals surface area contributed by atoms with Gasteiger partial charge >= 0.3 is 5.97 Å². The third-order valence-corrected chi connectivity index (χ3v) is 7.72. The molecular weight excluding hydrogens is 564 g/mol. The summed E-state index contributed by atoms with van der Waals surface area (Å²) in [6.45, 7) is 1.84. The summed E-state index contributed by atoms with van der Waals surface area (Å²) in [5.41, 5.74) is 2.18. The molecule has 0 saturated heterocycles. The van der Waals surface area contributed by atoms with Crippen molar-refractivity contribution in [1.82, 2.24) is 10.2 Å². The predicted octanol–water partition coefficient (Wildman–Crippen LogP) is 8.11. The number of hydrogen-bond acceptors (Lipinski definition) is 4. The first kappa shape index (κ1) is 39.5. The quantitative estimate of drug-likeness (QED) is 0.0844. The number of carbonyl (C=O) groups excluding carboxylic acids is 2. The minimum absolute atomic E-state index is 0. The largest absolute Gasteiger partial charge is 0.481 e. The molecule has 0 aromatic carbocycles. The van der Waals surface area contributed by atoms with Crippen LogP contribution in [0.4, 0.5) is 0 Å². The number of carboxylic acid groups (broad SMARTS) is 1. The number of nitrogens with zero attached hydrogens (tertiary/aromatic N) is 1. The maximum absolute atomic E-state index is 12.0. The van der Waals surface area contributed by atoms with Gasteiger partial charge in [0.05, 0.1) is 0 Å². The van der Waals surface area contributed by atoms with E-state index in [1.165, 1.54) is 70.6 Å². The van der Waals surface area contributed by atoms with E-state index in [0.717, 1.165) is 62.8 Å². The summed E-state index contributed by atoms with van der Waals surface area (Å²) in [7, 11) is 0. The molecule has 7 heteroatoms. The van der Waals surface area contributed by atoms with Crippen LogP contribution in [0.3, 0.4) is 0 Å². The molecule has 43 heavy (non-hydrogen) atoms. The summed E-state index contributed by atoms with van der Waals surface area (Å²) < 4.78 is 0. The Bertz CT molecular complexity index is 959. The molecule has 0 aromatic heterocycles. The van der Waals surface area contributed by atoms with Crippen molar-refractivity contribution >= 4 is 69.0 Å². The molecule has 2 N–H and O–H groups in total. The van der Waals surface area contributed by atoms with E-state index in [-0.39, 0.29) is 63.1 Å². The monoisotopic (exact) mass is 617 g/mol. The van der Waals surface area contributed by atoms with Gasteiger partial charge in [-0.2, -0.15) is 0 Å². The number of aliphatic carboxylic acids is 1. The van der Waals surface area contributed by atoms with Crippen molar-refractivity contribution in [1.29, 1.82) is 0 Å². The standard InChI is InChI=1S/C36H54N2O4.K/c39-34-24-22-32(23-25-34)20-21-33-26-30-38(31-27-33)29-17-13-9-5-3-6-10-14-18-35(40)37-28-16-12-8-4-1-2-7-11-15-19-36(41)42;/h20-27,30-31H,1-19,28-29H2,(H,37,40)(H,41,42);. The molecule has 2 rings (SSSR count). The fourth-order valence-corrected chi connectivity index (χ4v) is 5.10. The summed E-state index contributed by atoms with van der Waals surface area (Å²) in [6.07, 6.45) is 40.1. The Morgan fingerprint density at radius 2 is 1.05 bits per heavy atom. The number of carbonyl (C=O) groups is 3. The van der Waals surface area contributed by atoms with Crippen LogP contribution < -0.4 is 5.32 Å². The molecule has 0 saturated carbocycles. The van der Waals surface area contributed by atoms with Crippen LogP contribution in [-0.4, -0.2) is 92.1 Å². The zero-order valence-corrected chi connectivity index (χ0v) is 29.9. The molecule has 2 aliphatic rings. The number of nitrogens with one attached hydrogen (secondary N) is 1. The van der Waals surface area contributed by atoms with E-state index in [4.69, 9.17) is 5.11 Å². The zero-order chi connectivity index (χ0) is 30.1. The van der Waals surface area contributed by atoms with Crippen molar-refractivity contribution in [3.63, 3.8) is 0 Å². The molecule has 0 aromatic rings. The van der Waals surface area contributed by atoms with E-state index >= 15 is 0 Å². The van der Waals surface area contributed by atoms with Gasteiger partial charge in [0.25, 0.3) is 0 Å². The molecule has 0 unspecified atom stereocenters. The Hall–Kier alpha value is -1.51. The molecule has 1 aliphatic carbocycles. The second-order valence-corrected chi connectivity index (χ2v) is 11.5. The van der Waals surface area contributed by atoms with E-state index in [1.807, 2.05) is 18.2 Å². The van der Waals surface area contributed by atoms with Crippen molar-refractivity contribution in [2.24, 2.45) is 0 Å². The summed E-state index contributed by atoms with van der Waals surface area (Å²) in [5, 5.41) is 11.7. The first-order chi connectivity index (χ1) is 20.5. The van der Waals surface area contributed by atoms with Gasteiger partial charge in [-0.3, -0.25) is 14.4 Å². The van der Waals surface area contributed by atoms with Crippen molar-refractivity contribution in [2.45, 2.75) is 122 Å². The number of allylic oxidation sites excluding steroid dienone is 10. The maximum Gasteiger partial charge on any atom is 0.303 e. The molecule has 233 valence electrons. The number of rotatable bonds is 24. The van der Waals surface area contributed by atoms with E-state index in [0.29, 0.717) is 12.8 Å². The number of carboxylic acids is 1. The van der Waals surface area contributed by atoms with E-state index in [2.05, 4.69) is 40.8 Å². The molecule has 1 heterocycles. The van der Waals surface area contributed by atoms with Gasteiger partial charge in [0.15, 0.2) is 5.78 Å². The Morgan fingerprint density at radius 3 is 1.58 bits per heavy atom. The van der Waals surface area contributed by atoms with Crippen molar-refractivity contribution in [3.8, 4) is 0 Å². The van der Waals surface area contributed by atoms with Crippen LogP contribution in [0.2, 0.25) is 0 Å². The van der Waals surface area contributed by atoms with Gasteiger partial charge in [-0.1, -0.05) is 108 Å². The molecule has 0 fully saturated rings. The molecule has 0 spiro atoms. The topological polar surface area (TPSA) is 86.7 Å². The third-order valence-electron chi connectivity index (χ3n) is 7.72. The van der Waals surface area contributed by atoms with Crippen LogP contribution in [0.25, 0.3) is 0 Å². The van der Waals surface area contributed by atoms with Gasteiger partial charge < -0.3 is 15.3 Å². The molecule has 1 radical (unpaired) electrons. The Labute approximate surface area is 303 Å². The Balaban J connectivity index is 0.00000924. The first-order valence-corrected chi connectivity index (χ1v) is 16.5. The first-order valence-electron chi connectivity index (χ1n) is 16.5. The maximum atomic E-state index is 12.0. The summed E-state index contributed by atoms with van der Waals surface area (Å²) in [5.74, 6) is -0.449. The van der Waals surface area contributed by atoms with Gasteiger partial charge in [0.2, 0.25) is 5.91 Å². The van der Waals surface area contributed by atoms with Crippen LogP contribution >= 0.6 is 0 Å². The molecule has 0 atom stereocenters. The molecular formula is C36H54KN2O4. The zero-order valence-electron chi connectivity index (χ0n) is 26.7. The van der Waals surface area contributed by atoms with E-state index in [1.54, 1.807) is 12.2 Å². The van der Waals surface area contributed by atoms with Crippen LogP contribution in [0.5, 0.6) is 0 Å². The van der Waals surface area contributed by atoms with Crippen molar-refractivity contribution < 1.29 is 19.5 Å². The second kappa shape index (κ2) is 26.9. The number of unbranched alkanes of at least 4 members (excludes halogenated alkanes) is 15. The van der Waals surface area contributed by atoms with Gasteiger partial charge in [-0.05, 0) is 61.1 Å². The fourth-order valence-electron chi connectivity index (χ4n) is 5.10. The number of ketones is 1. The van der Waals surface area contributed by atoms with E-state index in [9.17, 15) is 14.4 Å². The van der Waals surface area contributed by atoms with Crippen LogP contribution in [0.15, 0.2) is 72.2 Å². The minimum atomic E-state index is -0.689. The molecule has 1 amide bonds. The molecule has 1 aliphatic heterocycles. The van der Waals surface area contributed by atoms with Crippen molar-refractivity contribution in [3.05, 3.63) is 72.2 Å². The molecule has 6 nitrogen and oxygen atoms in total. The summed E-state index contributed by atoms with van der Waals surface area (Å²) in [6, 6.07) is 0.